The molecule has 0 aliphatic heterocycles. The van der Waals surface area contributed by atoms with Crippen molar-refractivity contribution in [2.75, 3.05) is 0 Å². The zero-order valence-electron chi connectivity index (χ0n) is 5.33. The molecule has 0 aromatic rings. The first-order chi connectivity index (χ1) is 4.13. The zero-order valence-corrected chi connectivity index (χ0v) is 8.47. The van der Waals surface area contributed by atoms with Crippen LogP contribution in [0.15, 0.2) is 0 Å². The van der Waals surface area contributed by atoms with Crippen LogP contribution in [0.25, 0.3) is 0 Å². The second-order valence-corrected chi connectivity index (χ2v) is 1.64. The Morgan fingerprint density at radius 2 is 1.30 bits per heavy atom. The first kappa shape index (κ1) is 12.9. The van der Waals surface area contributed by atoms with Gasteiger partial charge in [-0.1, -0.05) is 0 Å². The van der Waals surface area contributed by atoms with Gasteiger partial charge in [0.05, 0.1) is 0 Å². The summed E-state index contributed by atoms with van der Waals surface area (Å²) in [7, 11) is 0. The van der Waals surface area contributed by atoms with E-state index in [9.17, 15) is 9.59 Å². The van der Waals surface area contributed by atoms with E-state index < -0.39 is 11.9 Å². The van der Waals surface area contributed by atoms with Crippen LogP contribution in [-0.2, 0) is 9.59 Å². The molecule has 4 nitrogen and oxygen atoms in total. The molecule has 56 valence electrons. The number of carboxylic acids is 2. The van der Waals surface area contributed by atoms with Crippen molar-refractivity contribution < 1.29 is 61.5 Å². The monoisotopic (exact) mass is 272 g/mol. The van der Waals surface area contributed by atoms with Gasteiger partial charge in [-0.05, 0) is 6.42 Å². The van der Waals surface area contributed by atoms with Crippen LogP contribution in [0.4, 0.5) is 0 Å². The van der Waals surface area contributed by atoms with E-state index in [0.29, 0.717) is 0 Å². The molecule has 2 N–H and O–H groups in total. The summed E-state index contributed by atoms with van der Waals surface area (Å²) in [6, 6.07) is 0. The third kappa shape index (κ3) is 11.2. The number of carboxylic acid groups (broad SMARTS) is 2. The number of aliphatic carboxylic acids is 2. The van der Waals surface area contributed by atoms with Crippen LogP contribution < -0.4 is 0 Å². The first-order valence-electron chi connectivity index (χ1n) is 2.56. The second kappa shape index (κ2) is 7.42. The molecule has 0 aromatic heterocycles. The van der Waals surface area contributed by atoms with Gasteiger partial charge in [0.25, 0.3) is 0 Å². The number of carbonyl (C=O) groups is 2. The maximum Gasteiger partial charge on any atom is 0.303 e. The number of hydrogen-bond donors (Lipinski definition) is 2. The number of hydrogen-bond acceptors (Lipinski definition) is 2. The third-order valence-electron chi connectivity index (χ3n) is 0.781. The van der Waals surface area contributed by atoms with Crippen LogP contribution in [0.3, 0.4) is 0 Å². The van der Waals surface area contributed by atoms with Gasteiger partial charge in [-0.25, -0.2) is 0 Å². The molecule has 0 atom stereocenters. The number of rotatable bonds is 4. The smallest absolute Gasteiger partial charge is 0.303 e. The van der Waals surface area contributed by atoms with Crippen molar-refractivity contribution >= 4 is 11.9 Å². The van der Waals surface area contributed by atoms with Gasteiger partial charge in [0, 0.05) is 54.6 Å². The fourth-order valence-corrected chi connectivity index (χ4v) is 0.391. The standard InChI is InChI=1S/C5H8O4.Ce/c6-4(7)2-1-3-5(8)9;/h1-3H2,(H,6,7)(H,8,9);. The Hall–Kier alpha value is 0.317. The van der Waals surface area contributed by atoms with E-state index in [2.05, 4.69) is 0 Å². The molecular formula is C5H8CeO4. The Kier molecular flexibility index (Phi) is 9.61. The molecule has 10 heavy (non-hydrogen) atoms. The summed E-state index contributed by atoms with van der Waals surface area (Å²) in [6.45, 7) is 0. The molecule has 0 saturated heterocycles. The van der Waals surface area contributed by atoms with Crippen LogP contribution >= 0.6 is 0 Å². The van der Waals surface area contributed by atoms with E-state index in [-0.39, 0.29) is 61.0 Å². The van der Waals surface area contributed by atoms with Gasteiger partial charge in [-0.15, -0.1) is 0 Å². The van der Waals surface area contributed by atoms with Gasteiger partial charge in [0.2, 0.25) is 0 Å². The Morgan fingerprint density at radius 3 is 1.50 bits per heavy atom. The van der Waals surface area contributed by atoms with E-state index >= 15 is 0 Å². The normalized spacial score (nSPS) is 8.00. The fourth-order valence-electron chi connectivity index (χ4n) is 0.391. The van der Waals surface area contributed by atoms with Crippen LogP contribution in [-0.4, -0.2) is 22.2 Å². The van der Waals surface area contributed by atoms with Crippen molar-refractivity contribution in [3.63, 3.8) is 0 Å². The minimum Gasteiger partial charge on any atom is -0.481 e. The summed E-state index contributed by atoms with van der Waals surface area (Å²) in [4.78, 5) is 19.6. The Morgan fingerprint density at radius 1 is 1.00 bits per heavy atom. The topological polar surface area (TPSA) is 74.6 Å². The van der Waals surface area contributed by atoms with Crippen LogP contribution in [0.1, 0.15) is 19.3 Å². The first-order valence-corrected chi connectivity index (χ1v) is 2.56. The van der Waals surface area contributed by atoms with Crippen molar-refractivity contribution in [3.8, 4) is 0 Å². The third-order valence-corrected chi connectivity index (χ3v) is 0.781. The molecular weight excluding hydrogens is 264 g/mol. The summed E-state index contributed by atoms with van der Waals surface area (Å²) in [5.74, 6) is -1.90. The fraction of sp³-hybridized carbons (Fsp3) is 0.600. The second-order valence-electron chi connectivity index (χ2n) is 1.64. The molecule has 0 spiro atoms. The molecule has 0 unspecified atom stereocenters. The van der Waals surface area contributed by atoms with Gasteiger partial charge >= 0.3 is 11.9 Å². The van der Waals surface area contributed by atoms with E-state index in [1.807, 2.05) is 0 Å². The molecule has 0 heterocycles. The van der Waals surface area contributed by atoms with Gasteiger partial charge in [0.15, 0.2) is 0 Å². The van der Waals surface area contributed by atoms with E-state index in [0.717, 1.165) is 0 Å². The molecule has 5 heteroatoms. The van der Waals surface area contributed by atoms with Crippen molar-refractivity contribution in [1.82, 2.24) is 0 Å². The Balaban J connectivity index is 0. The van der Waals surface area contributed by atoms with Gasteiger partial charge < -0.3 is 10.2 Å². The average Bonchev–Trinajstić information content (AvgIpc) is 1.63. The molecule has 0 radical (unpaired) electrons. The van der Waals surface area contributed by atoms with Gasteiger partial charge in [0.1, 0.15) is 0 Å². The minimum atomic E-state index is -0.948. The Labute approximate surface area is 92.0 Å². The van der Waals surface area contributed by atoms with E-state index in [4.69, 9.17) is 10.2 Å². The summed E-state index contributed by atoms with van der Waals surface area (Å²) < 4.78 is 0. The quantitative estimate of drug-likeness (QED) is 0.773. The summed E-state index contributed by atoms with van der Waals surface area (Å²) >= 11 is 0. The summed E-state index contributed by atoms with van der Waals surface area (Å²) in [5, 5.41) is 16.1. The van der Waals surface area contributed by atoms with Crippen molar-refractivity contribution in [3.05, 3.63) is 0 Å². The van der Waals surface area contributed by atoms with Crippen molar-refractivity contribution in [2.45, 2.75) is 19.3 Å². The largest absolute Gasteiger partial charge is 0.481 e. The molecule has 0 rings (SSSR count). The van der Waals surface area contributed by atoms with Crippen molar-refractivity contribution in [2.24, 2.45) is 0 Å². The van der Waals surface area contributed by atoms with E-state index in [1.165, 1.54) is 0 Å². The minimum absolute atomic E-state index is 0. The molecule has 0 saturated carbocycles. The molecule has 0 aliphatic carbocycles. The molecule has 0 bridgehead atoms. The summed E-state index contributed by atoms with van der Waals surface area (Å²) in [5.41, 5.74) is 0. The predicted octanol–water partition coefficient (Wildman–Crippen LogP) is 0.326. The van der Waals surface area contributed by atoms with Crippen LogP contribution in [0.5, 0.6) is 0 Å². The predicted molar refractivity (Wildman–Crippen MR) is 29.1 cm³/mol. The SMILES string of the molecule is O=C(O)CCCC(=O)O.[Ce]. The maximum atomic E-state index is 9.79. The van der Waals surface area contributed by atoms with Gasteiger partial charge in [-0.3, -0.25) is 9.59 Å². The molecule has 0 aliphatic rings. The van der Waals surface area contributed by atoms with E-state index in [1.54, 1.807) is 0 Å². The van der Waals surface area contributed by atoms with Crippen LogP contribution in [0.2, 0.25) is 0 Å². The van der Waals surface area contributed by atoms with Crippen LogP contribution in [0, 0.1) is 41.7 Å². The molecule has 0 amide bonds. The maximum absolute atomic E-state index is 9.79. The zero-order chi connectivity index (χ0) is 7.28. The van der Waals surface area contributed by atoms with Gasteiger partial charge in [-0.2, -0.15) is 0 Å². The average molecular weight is 272 g/mol. The molecule has 0 aromatic carbocycles. The summed E-state index contributed by atoms with van der Waals surface area (Å²) in [6.07, 6.45) is 0.0866. The molecule has 0 fully saturated rings. The van der Waals surface area contributed by atoms with Crippen molar-refractivity contribution in [1.29, 1.82) is 0 Å². The Bertz CT molecular complexity index is 109.